The predicted octanol–water partition coefficient (Wildman–Crippen LogP) is 4.35. The van der Waals surface area contributed by atoms with E-state index >= 15 is 0 Å². The number of hydrogen-bond acceptors (Lipinski definition) is 5. The number of fused-ring (bicyclic) bond motifs is 1. The molecule has 9 heteroatoms. The lowest BCUT2D eigenvalue weighted by Gasteiger charge is -2.38. The van der Waals surface area contributed by atoms with Crippen LogP contribution in [0.2, 0.25) is 0 Å². The molecule has 6 nitrogen and oxygen atoms in total. The molecule has 3 aromatic heterocycles. The Labute approximate surface area is 179 Å². The maximum Gasteiger partial charge on any atom is 0.333 e. The molecule has 0 spiro atoms. The van der Waals surface area contributed by atoms with Crippen molar-refractivity contribution in [3.63, 3.8) is 0 Å². The number of rotatable bonds is 4. The molecule has 0 aromatic carbocycles. The van der Waals surface area contributed by atoms with E-state index < -0.39 is 6.55 Å². The van der Waals surface area contributed by atoms with Crippen molar-refractivity contribution in [3.05, 3.63) is 36.4 Å². The number of nitrogens with zero attached hydrogens (tertiary/aromatic N) is 5. The van der Waals surface area contributed by atoms with Crippen molar-refractivity contribution < 1.29 is 13.5 Å². The molecule has 0 radical (unpaired) electrons. The number of ether oxygens (including phenoxy) is 1. The molecular formula is C21H25F2N5OS. The van der Waals surface area contributed by atoms with Gasteiger partial charge in [0.05, 0.1) is 19.4 Å². The molecule has 30 heavy (non-hydrogen) atoms. The van der Waals surface area contributed by atoms with Crippen molar-refractivity contribution in [2.75, 3.05) is 26.3 Å². The second-order valence-corrected chi connectivity index (χ2v) is 8.60. The molecule has 160 valence electrons. The van der Waals surface area contributed by atoms with Gasteiger partial charge in [0.25, 0.3) is 0 Å². The molecule has 3 aromatic rings. The summed E-state index contributed by atoms with van der Waals surface area (Å²) in [5.74, 6) is 0.471. The largest absolute Gasteiger partial charge is 0.379 e. The topological polar surface area (TPSA) is 48.1 Å². The lowest BCUT2D eigenvalue weighted by molar-refractivity contribution is 0.00729. The lowest BCUT2D eigenvalue weighted by Crippen LogP contribution is -2.44. The van der Waals surface area contributed by atoms with Gasteiger partial charge in [-0.25, -0.2) is 9.67 Å². The molecule has 1 saturated heterocycles. The van der Waals surface area contributed by atoms with Gasteiger partial charge in [-0.2, -0.15) is 13.9 Å². The number of aromatic nitrogens is 4. The molecule has 1 aliphatic heterocycles. The zero-order valence-electron chi connectivity index (χ0n) is 16.6. The zero-order chi connectivity index (χ0) is 20.7. The highest BCUT2D eigenvalue weighted by molar-refractivity contribution is 7.78. The molecule has 5 rings (SSSR count). The van der Waals surface area contributed by atoms with Crippen LogP contribution in [0.4, 0.5) is 8.78 Å². The van der Waals surface area contributed by atoms with E-state index in [2.05, 4.69) is 33.9 Å². The van der Waals surface area contributed by atoms with Crippen molar-refractivity contribution in [1.82, 2.24) is 23.6 Å². The summed E-state index contributed by atoms with van der Waals surface area (Å²) in [4.78, 5) is 7.21. The Morgan fingerprint density at radius 1 is 1.07 bits per heavy atom. The second kappa shape index (κ2) is 8.28. The van der Waals surface area contributed by atoms with E-state index in [1.54, 1.807) is 3.97 Å². The van der Waals surface area contributed by atoms with Crippen molar-refractivity contribution in [1.29, 1.82) is 0 Å². The number of hydrogen-bond donors (Lipinski definition) is 1. The summed E-state index contributed by atoms with van der Waals surface area (Å²) in [5, 5.41) is 4.69. The second-order valence-electron chi connectivity index (χ2n) is 8.17. The van der Waals surface area contributed by atoms with Crippen LogP contribution in [0.1, 0.15) is 43.7 Å². The van der Waals surface area contributed by atoms with Crippen LogP contribution in [-0.4, -0.2) is 56.0 Å². The van der Waals surface area contributed by atoms with E-state index in [0.717, 1.165) is 55.7 Å². The van der Waals surface area contributed by atoms with Crippen LogP contribution in [0.3, 0.4) is 0 Å². The fourth-order valence-corrected chi connectivity index (χ4v) is 5.14. The molecule has 0 N–H and O–H groups in total. The minimum absolute atomic E-state index is 0.471. The maximum absolute atomic E-state index is 12.9. The summed E-state index contributed by atoms with van der Waals surface area (Å²) in [6.45, 7) is 1.10. The third kappa shape index (κ3) is 3.74. The summed E-state index contributed by atoms with van der Waals surface area (Å²) in [7, 11) is 0. The first-order valence-electron chi connectivity index (χ1n) is 10.4. The quantitative estimate of drug-likeness (QED) is 0.622. The Hall–Kier alpha value is -1.97. The summed E-state index contributed by atoms with van der Waals surface area (Å²) in [6.07, 6.45) is 11.2. The van der Waals surface area contributed by atoms with Crippen molar-refractivity contribution >= 4 is 23.8 Å². The highest BCUT2D eigenvalue weighted by atomic mass is 32.1. The van der Waals surface area contributed by atoms with Gasteiger partial charge in [0.2, 0.25) is 0 Å². The van der Waals surface area contributed by atoms with E-state index in [1.165, 1.54) is 30.8 Å². The molecule has 2 aliphatic rings. The van der Waals surface area contributed by atoms with Gasteiger partial charge in [-0.05, 0) is 43.2 Å². The first kappa shape index (κ1) is 20.0. The van der Waals surface area contributed by atoms with Gasteiger partial charge in [0.15, 0.2) is 0 Å². The normalized spacial score (nSPS) is 23.5. The summed E-state index contributed by atoms with van der Waals surface area (Å²) >= 11 is 4.46. The predicted molar refractivity (Wildman–Crippen MR) is 114 cm³/mol. The molecule has 0 amide bonds. The summed E-state index contributed by atoms with van der Waals surface area (Å²) in [6, 6.07) is 2.81. The van der Waals surface area contributed by atoms with Crippen molar-refractivity contribution in [3.8, 4) is 11.1 Å². The minimum atomic E-state index is -2.65. The van der Waals surface area contributed by atoms with Crippen LogP contribution >= 0.6 is 12.8 Å². The van der Waals surface area contributed by atoms with E-state index in [9.17, 15) is 8.78 Å². The standard InChI is InChI=1S/C21H25F2N5OS/c22-21(23)27-12-16(11-25-27)19-13-28(30)20-18(19)9-15(10-24-20)14-1-3-17(4-2-14)26-5-7-29-8-6-26/h9-14,17,21,30H,1-8H2/t14-,17-. The average Bonchev–Trinajstić information content (AvgIpc) is 3.39. The molecular weight excluding hydrogens is 408 g/mol. The van der Waals surface area contributed by atoms with Gasteiger partial charge < -0.3 is 4.74 Å². The van der Waals surface area contributed by atoms with Crippen LogP contribution in [0.15, 0.2) is 30.9 Å². The van der Waals surface area contributed by atoms with E-state index in [-0.39, 0.29) is 0 Å². The van der Waals surface area contributed by atoms with Crippen LogP contribution in [0.5, 0.6) is 0 Å². The van der Waals surface area contributed by atoms with Crippen molar-refractivity contribution in [2.24, 2.45) is 0 Å². The Bertz CT molecular complexity index is 1020. The molecule has 1 saturated carbocycles. The molecule has 0 atom stereocenters. The zero-order valence-corrected chi connectivity index (χ0v) is 17.5. The molecule has 1 aliphatic carbocycles. The number of pyridine rings is 1. The Balaban J connectivity index is 1.38. The number of morpholine rings is 1. The molecule has 0 unspecified atom stereocenters. The van der Waals surface area contributed by atoms with Gasteiger partial charge in [0, 0.05) is 54.2 Å². The third-order valence-electron chi connectivity index (χ3n) is 6.49. The number of halogens is 2. The smallest absolute Gasteiger partial charge is 0.333 e. The van der Waals surface area contributed by atoms with Crippen LogP contribution in [0, 0.1) is 0 Å². The van der Waals surface area contributed by atoms with Gasteiger partial charge in [-0.3, -0.25) is 8.87 Å². The fraction of sp³-hybridized carbons (Fsp3) is 0.524. The lowest BCUT2D eigenvalue weighted by atomic mass is 9.81. The molecule has 4 heterocycles. The molecule has 2 fully saturated rings. The maximum atomic E-state index is 12.9. The summed E-state index contributed by atoms with van der Waals surface area (Å²) in [5.41, 5.74) is 3.40. The fourth-order valence-electron chi connectivity index (χ4n) is 4.86. The highest BCUT2D eigenvalue weighted by Gasteiger charge is 2.28. The van der Waals surface area contributed by atoms with Gasteiger partial charge in [0.1, 0.15) is 5.65 Å². The van der Waals surface area contributed by atoms with E-state index in [1.807, 2.05) is 12.4 Å². The van der Waals surface area contributed by atoms with Crippen LogP contribution < -0.4 is 0 Å². The SMILES string of the molecule is FC(F)n1cc(-c2cn(S)c3ncc([C@H]4CC[C@H](N5CCOCC5)CC4)cc23)cn1. The minimum Gasteiger partial charge on any atom is -0.379 e. The van der Waals surface area contributed by atoms with E-state index in [0.29, 0.717) is 22.2 Å². The first-order valence-corrected chi connectivity index (χ1v) is 10.8. The van der Waals surface area contributed by atoms with Gasteiger partial charge in [-0.1, -0.05) is 12.8 Å². The average molecular weight is 434 g/mol. The Morgan fingerprint density at radius 3 is 2.53 bits per heavy atom. The van der Waals surface area contributed by atoms with Crippen LogP contribution in [-0.2, 0) is 4.74 Å². The Morgan fingerprint density at radius 2 is 1.83 bits per heavy atom. The Kier molecular flexibility index (Phi) is 5.51. The number of alkyl halides is 2. The van der Waals surface area contributed by atoms with Gasteiger partial charge >= 0.3 is 6.55 Å². The monoisotopic (exact) mass is 433 g/mol. The van der Waals surface area contributed by atoms with Crippen LogP contribution in [0.25, 0.3) is 22.2 Å². The summed E-state index contributed by atoms with van der Waals surface area (Å²) < 4.78 is 33.7. The first-order chi connectivity index (χ1) is 14.6. The van der Waals surface area contributed by atoms with E-state index in [4.69, 9.17) is 4.74 Å². The van der Waals surface area contributed by atoms with Crippen molar-refractivity contribution in [2.45, 2.75) is 44.2 Å². The number of thiol groups is 1. The molecule has 0 bridgehead atoms. The highest BCUT2D eigenvalue weighted by Crippen LogP contribution is 2.38. The third-order valence-corrected chi connectivity index (χ3v) is 6.79. The van der Waals surface area contributed by atoms with Gasteiger partial charge in [-0.15, -0.1) is 0 Å².